The first-order valence-electron chi connectivity index (χ1n) is 8.36. The van der Waals surface area contributed by atoms with Gasteiger partial charge in [-0.05, 0) is 28.1 Å². The van der Waals surface area contributed by atoms with E-state index in [4.69, 9.17) is 4.74 Å². The Kier molecular flexibility index (Phi) is 4.32. The molecule has 0 fully saturated rings. The van der Waals surface area contributed by atoms with Crippen molar-refractivity contribution in [2.45, 2.75) is 6.04 Å². The molecule has 1 unspecified atom stereocenters. The number of fused-ring (bicyclic) bond motifs is 1. The van der Waals surface area contributed by atoms with Gasteiger partial charge >= 0.3 is 5.97 Å². The molecule has 4 rings (SSSR count). The highest BCUT2D eigenvalue weighted by molar-refractivity contribution is 6.24. The zero-order chi connectivity index (χ0) is 19.7. The largest absolute Gasteiger partial charge is 0.508 e. The highest BCUT2D eigenvalue weighted by atomic mass is 16.5. The van der Waals surface area contributed by atoms with E-state index in [9.17, 15) is 14.7 Å². The molecule has 28 heavy (non-hydrogen) atoms. The summed E-state index contributed by atoms with van der Waals surface area (Å²) in [7, 11) is 1.22. The van der Waals surface area contributed by atoms with Crippen LogP contribution in [0, 0.1) is 0 Å². The summed E-state index contributed by atoms with van der Waals surface area (Å²) in [4.78, 5) is 26.0. The number of carbonyl (C=O) groups excluding carboxylic acids is 2. The quantitative estimate of drug-likeness (QED) is 0.522. The second kappa shape index (κ2) is 6.95. The SMILES string of the molecule is COC(=O)C1=C(C(=O)c2ccccc2)C(c2ccc(O)cc2)Nc2nnnn21. The van der Waals surface area contributed by atoms with Crippen molar-refractivity contribution in [3.63, 3.8) is 0 Å². The van der Waals surface area contributed by atoms with Crippen LogP contribution >= 0.6 is 0 Å². The minimum absolute atomic E-state index is 0.0619. The van der Waals surface area contributed by atoms with Crippen LogP contribution in [0.4, 0.5) is 5.95 Å². The number of aromatic hydroxyl groups is 1. The average molecular weight is 377 g/mol. The number of aromatic nitrogens is 4. The Balaban J connectivity index is 1.96. The molecule has 0 spiro atoms. The number of phenolic OH excluding ortho intramolecular Hbond substituents is 1. The van der Waals surface area contributed by atoms with Gasteiger partial charge in [-0.15, -0.1) is 0 Å². The van der Waals surface area contributed by atoms with Gasteiger partial charge in [-0.25, -0.2) is 4.79 Å². The molecule has 9 heteroatoms. The van der Waals surface area contributed by atoms with Crippen LogP contribution < -0.4 is 5.32 Å². The maximum Gasteiger partial charge on any atom is 0.357 e. The van der Waals surface area contributed by atoms with Gasteiger partial charge in [0.1, 0.15) is 5.75 Å². The molecule has 3 aromatic rings. The summed E-state index contributed by atoms with van der Waals surface area (Å²) in [6, 6.07) is 14.2. The molecule has 0 radical (unpaired) electrons. The number of ether oxygens (including phenoxy) is 1. The molecule has 1 aromatic heterocycles. The zero-order valence-electron chi connectivity index (χ0n) is 14.7. The van der Waals surface area contributed by atoms with Crippen molar-refractivity contribution >= 4 is 23.4 Å². The Morgan fingerprint density at radius 2 is 1.82 bits per heavy atom. The van der Waals surface area contributed by atoms with Crippen molar-refractivity contribution in [2.75, 3.05) is 12.4 Å². The molecule has 0 saturated heterocycles. The lowest BCUT2D eigenvalue weighted by Gasteiger charge is -2.28. The van der Waals surface area contributed by atoms with Gasteiger partial charge in [-0.1, -0.05) is 47.6 Å². The second-order valence-electron chi connectivity index (χ2n) is 6.03. The van der Waals surface area contributed by atoms with Gasteiger partial charge in [-0.2, -0.15) is 4.68 Å². The zero-order valence-corrected chi connectivity index (χ0v) is 14.7. The molecule has 0 amide bonds. The first-order valence-corrected chi connectivity index (χ1v) is 8.36. The summed E-state index contributed by atoms with van der Waals surface area (Å²) in [5, 5.41) is 24.0. The average Bonchev–Trinajstić information content (AvgIpc) is 3.21. The van der Waals surface area contributed by atoms with Gasteiger partial charge in [0, 0.05) is 5.56 Å². The normalized spacial score (nSPS) is 15.5. The van der Waals surface area contributed by atoms with Crippen LogP contribution in [0.25, 0.3) is 5.70 Å². The van der Waals surface area contributed by atoms with Crippen LogP contribution in [0.15, 0.2) is 60.2 Å². The molecule has 1 aliphatic heterocycles. The van der Waals surface area contributed by atoms with Gasteiger partial charge in [0.2, 0.25) is 5.95 Å². The second-order valence-corrected chi connectivity index (χ2v) is 6.03. The molecule has 0 saturated carbocycles. The predicted molar refractivity (Wildman–Crippen MR) is 98.3 cm³/mol. The number of anilines is 1. The Bertz CT molecular complexity index is 1070. The molecule has 2 N–H and O–H groups in total. The number of methoxy groups -OCH3 is 1. The standard InChI is InChI=1S/C19H15N5O4/c1-28-18(27)16-14(17(26)12-5-3-2-4-6-12)15(11-7-9-13(25)10-8-11)20-19-21-22-23-24(16)19/h2-10,15,25H,1H3,(H,20,21,23). The van der Waals surface area contributed by atoms with E-state index in [0.717, 1.165) is 4.68 Å². The lowest BCUT2D eigenvalue weighted by Crippen LogP contribution is -2.31. The third-order valence-corrected chi connectivity index (χ3v) is 4.38. The van der Waals surface area contributed by atoms with Crippen LogP contribution in [-0.4, -0.2) is 44.2 Å². The molecule has 1 aliphatic rings. The monoisotopic (exact) mass is 377 g/mol. The number of hydrogen-bond acceptors (Lipinski definition) is 8. The van der Waals surface area contributed by atoms with E-state index in [1.165, 1.54) is 19.2 Å². The lowest BCUT2D eigenvalue weighted by atomic mass is 9.89. The van der Waals surface area contributed by atoms with Crippen LogP contribution in [0.5, 0.6) is 5.75 Å². The summed E-state index contributed by atoms with van der Waals surface area (Å²) in [5.41, 5.74) is 1.13. The van der Waals surface area contributed by atoms with Crippen LogP contribution in [0.1, 0.15) is 22.0 Å². The van der Waals surface area contributed by atoms with Gasteiger partial charge in [0.15, 0.2) is 11.5 Å². The van der Waals surface area contributed by atoms with E-state index in [1.807, 2.05) is 0 Å². The van der Waals surface area contributed by atoms with Gasteiger partial charge < -0.3 is 15.2 Å². The van der Waals surface area contributed by atoms with Crippen LogP contribution in [0.2, 0.25) is 0 Å². The number of ketones is 1. The number of benzene rings is 2. The smallest absolute Gasteiger partial charge is 0.357 e. The van der Waals surface area contributed by atoms with Gasteiger partial charge in [-0.3, -0.25) is 4.79 Å². The fourth-order valence-electron chi connectivity index (χ4n) is 3.07. The Morgan fingerprint density at radius 3 is 2.50 bits per heavy atom. The molecular formula is C19H15N5O4. The van der Waals surface area contributed by atoms with E-state index in [2.05, 4.69) is 20.8 Å². The van der Waals surface area contributed by atoms with E-state index in [-0.39, 0.29) is 28.8 Å². The Morgan fingerprint density at radius 1 is 1.11 bits per heavy atom. The number of nitrogens with one attached hydrogen (secondary N) is 1. The number of hydrogen-bond donors (Lipinski definition) is 2. The molecule has 0 bridgehead atoms. The molecule has 9 nitrogen and oxygen atoms in total. The van der Waals surface area contributed by atoms with Crippen molar-refractivity contribution in [3.05, 3.63) is 71.3 Å². The molecule has 2 heterocycles. The highest BCUT2D eigenvalue weighted by Crippen LogP contribution is 2.37. The Hall–Kier alpha value is -4.01. The van der Waals surface area contributed by atoms with E-state index in [0.29, 0.717) is 11.1 Å². The molecular weight excluding hydrogens is 362 g/mol. The lowest BCUT2D eigenvalue weighted by molar-refractivity contribution is -0.134. The van der Waals surface area contributed by atoms with Crippen molar-refractivity contribution < 1.29 is 19.4 Å². The highest BCUT2D eigenvalue weighted by Gasteiger charge is 2.38. The van der Waals surface area contributed by atoms with E-state index in [1.54, 1.807) is 42.5 Å². The molecule has 0 aliphatic carbocycles. The Labute approximate surface area is 159 Å². The van der Waals surface area contributed by atoms with Crippen molar-refractivity contribution in [2.24, 2.45) is 0 Å². The van der Waals surface area contributed by atoms with Crippen molar-refractivity contribution in [1.82, 2.24) is 20.2 Å². The minimum atomic E-state index is -0.738. The van der Waals surface area contributed by atoms with Crippen LogP contribution in [0.3, 0.4) is 0 Å². The summed E-state index contributed by atoms with van der Waals surface area (Å²) >= 11 is 0. The topological polar surface area (TPSA) is 119 Å². The van der Waals surface area contributed by atoms with Crippen molar-refractivity contribution in [3.8, 4) is 5.75 Å². The third kappa shape index (κ3) is 2.88. The first-order chi connectivity index (χ1) is 13.6. The summed E-state index contributed by atoms with van der Waals surface area (Å²) in [6.07, 6.45) is 0. The maximum absolute atomic E-state index is 13.4. The number of carbonyl (C=O) groups is 2. The number of nitrogens with zero attached hydrogens (tertiary/aromatic N) is 4. The number of esters is 1. The molecule has 2 aromatic carbocycles. The number of phenols is 1. The number of Topliss-reactive ketones (excluding diaryl/α,β-unsaturated/α-hetero) is 1. The predicted octanol–water partition coefficient (Wildman–Crippen LogP) is 1.81. The molecule has 140 valence electrons. The molecule has 1 atom stereocenters. The van der Waals surface area contributed by atoms with Gasteiger partial charge in [0.05, 0.1) is 18.7 Å². The summed E-state index contributed by atoms with van der Waals surface area (Å²) in [5.74, 6) is -0.827. The van der Waals surface area contributed by atoms with Gasteiger partial charge in [0.25, 0.3) is 0 Å². The summed E-state index contributed by atoms with van der Waals surface area (Å²) in [6.45, 7) is 0. The third-order valence-electron chi connectivity index (χ3n) is 4.38. The van der Waals surface area contributed by atoms with E-state index >= 15 is 0 Å². The minimum Gasteiger partial charge on any atom is -0.508 e. The first kappa shape index (κ1) is 17.4. The van der Waals surface area contributed by atoms with Crippen molar-refractivity contribution in [1.29, 1.82) is 0 Å². The van der Waals surface area contributed by atoms with Crippen LogP contribution in [-0.2, 0) is 9.53 Å². The fraction of sp³-hybridized carbons (Fsp3) is 0.105. The maximum atomic E-state index is 13.4. The number of tetrazole rings is 1. The summed E-state index contributed by atoms with van der Waals surface area (Å²) < 4.78 is 6.05. The number of rotatable bonds is 4. The fourth-order valence-corrected chi connectivity index (χ4v) is 3.07. The van der Waals surface area contributed by atoms with E-state index < -0.39 is 12.0 Å².